The predicted octanol–water partition coefficient (Wildman–Crippen LogP) is 0.843. The van der Waals surface area contributed by atoms with Gasteiger partial charge in [0.25, 0.3) is 0 Å². The van der Waals surface area contributed by atoms with Crippen molar-refractivity contribution in [3.05, 3.63) is 18.4 Å². The molecule has 0 amide bonds. The minimum absolute atomic E-state index is 0.0983. The van der Waals surface area contributed by atoms with Gasteiger partial charge in [0.15, 0.2) is 5.76 Å². The summed E-state index contributed by atoms with van der Waals surface area (Å²) >= 11 is 0. The molecule has 1 unspecified atom stereocenters. The van der Waals surface area contributed by atoms with E-state index in [-0.39, 0.29) is 6.04 Å². The topological polar surface area (TPSA) is 82.8 Å². The SMILES string of the molecule is CCC(CN)n1nnc(-c2ccco2)n1. The number of hydrogen-bond donors (Lipinski definition) is 1. The summed E-state index contributed by atoms with van der Waals surface area (Å²) in [6, 6.07) is 3.68. The summed E-state index contributed by atoms with van der Waals surface area (Å²) in [4.78, 5) is 1.54. The lowest BCUT2D eigenvalue weighted by molar-refractivity contribution is 0.393. The summed E-state index contributed by atoms with van der Waals surface area (Å²) in [6.45, 7) is 2.54. The van der Waals surface area contributed by atoms with Gasteiger partial charge in [-0.3, -0.25) is 0 Å². The van der Waals surface area contributed by atoms with E-state index < -0.39 is 0 Å². The van der Waals surface area contributed by atoms with Gasteiger partial charge in [0.2, 0.25) is 5.82 Å². The number of rotatable bonds is 4. The maximum atomic E-state index is 5.59. The Labute approximate surface area is 87.1 Å². The summed E-state index contributed by atoms with van der Waals surface area (Å²) < 4.78 is 5.17. The second-order valence-corrected chi connectivity index (χ2v) is 3.21. The molecule has 0 saturated heterocycles. The second-order valence-electron chi connectivity index (χ2n) is 3.21. The molecule has 2 N–H and O–H groups in total. The summed E-state index contributed by atoms with van der Waals surface area (Å²) in [5.74, 6) is 1.11. The van der Waals surface area contributed by atoms with Gasteiger partial charge in [-0.1, -0.05) is 6.92 Å². The van der Waals surface area contributed by atoms with Gasteiger partial charge in [0.05, 0.1) is 12.3 Å². The van der Waals surface area contributed by atoms with E-state index in [9.17, 15) is 0 Å². The first kappa shape index (κ1) is 9.85. The van der Waals surface area contributed by atoms with Crippen LogP contribution in [0.15, 0.2) is 22.8 Å². The molecule has 0 aliphatic rings. The van der Waals surface area contributed by atoms with Gasteiger partial charge in [0, 0.05) is 6.54 Å². The van der Waals surface area contributed by atoms with Crippen LogP contribution in [-0.4, -0.2) is 26.8 Å². The molecular weight excluding hydrogens is 194 g/mol. The summed E-state index contributed by atoms with van der Waals surface area (Å²) in [6.07, 6.45) is 2.46. The Morgan fingerprint density at radius 3 is 3.07 bits per heavy atom. The minimum atomic E-state index is 0.0983. The van der Waals surface area contributed by atoms with Crippen LogP contribution in [-0.2, 0) is 0 Å². The molecule has 1 atom stereocenters. The number of hydrogen-bond acceptors (Lipinski definition) is 5. The summed E-state index contributed by atoms with van der Waals surface area (Å²) in [7, 11) is 0. The number of aromatic nitrogens is 4. The lowest BCUT2D eigenvalue weighted by Gasteiger charge is -2.08. The first-order valence-corrected chi connectivity index (χ1v) is 4.88. The fourth-order valence-electron chi connectivity index (χ4n) is 1.31. The van der Waals surface area contributed by atoms with E-state index in [4.69, 9.17) is 10.2 Å². The van der Waals surface area contributed by atoms with E-state index in [1.165, 1.54) is 4.80 Å². The van der Waals surface area contributed by atoms with Crippen molar-refractivity contribution in [1.82, 2.24) is 20.2 Å². The Bertz CT molecular complexity index is 404. The quantitative estimate of drug-likeness (QED) is 0.803. The Balaban J connectivity index is 2.24. The van der Waals surface area contributed by atoms with Gasteiger partial charge in [-0.05, 0) is 23.8 Å². The van der Waals surface area contributed by atoms with E-state index >= 15 is 0 Å². The van der Waals surface area contributed by atoms with Crippen molar-refractivity contribution >= 4 is 0 Å². The zero-order valence-corrected chi connectivity index (χ0v) is 8.50. The van der Waals surface area contributed by atoms with Gasteiger partial charge in [-0.25, -0.2) is 0 Å². The Morgan fingerprint density at radius 2 is 2.47 bits per heavy atom. The molecule has 6 heteroatoms. The van der Waals surface area contributed by atoms with Crippen molar-refractivity contribution in [3.63, 3.8) is 0 Å². The highest BCUT2D eigenvalue weighted by Gasteiger charge is 2.13. The highest BCUT2D eigenvalue weighted by Crippen LogP contribution is 2.14. The predicted molar refractivity (Wildman–Crippen MR) is 53.9 cm³/mol. The van der Waals surface area contributed by atoms with E-state index in [1.807, 2.05) is 6.92 Å². The zero-order chi connectivity index (χ0) is 10.7. The molecule has 2 aromatic heterocycles. The van der Waals surface area contributed by atoms with Crippen molar-refractivity contribution in [2.24, 2.45) is 5.73 Å². The largest absolute Gasteiger partial charge is 0.461 e. The van der Waals surface area contributed by atoms with Crippen LogP contribution >= 0.6 is 0 Å². The molecule has 2 heterocycles. The average Bonchev–Trinajstić information content (AvgIpc) is 2.89. The maximum absolute atomic E-state index is 5.59. The fraction of sp³-hybridized carbons (Fsp3) is 0.444. The van der Waals surface area contributed by atoms with E-state index in [0.717, 1.165) is 6.42 Å². The highest BCUT2D eigenvalue weighted by molar-refractivity contribution is 5.43. The van der Waals surface area contributed by atoms with Gasteiger partial charge >= 0.3 is 0 Å². The van der Waals surface area contributed by atoms with Crippen molar-refractivity contribution < 1.29 is 4.42 Å². The number of furan rings is 1. The molecule has 2 rings (SSSR count). The molecule has 6 nitrogen and oxygen atoms in total. The van der Waals surface area contributed by atoms with E-state index in [0.29, 0.717) is 18.1 Å². The van der Waals surface area contributed by atoms with Crippen molar-refractivity contribution in [1.29, 1.82) is 0 Å². The van der Waals surface area contributed by atoms with Crippen molar-refractivity contribution in [2.45, 2.75) is 19.4 Å². The lowest BCUT2D eigenvalue weighted by atomic mass is 10.2. The third-order valence-corrected chi connectivity index (χ3v) is 2.24. The van der Waals surface area contributed by atoms with Crippen LogP contribution in [0.4, 0.5) is 0 Å². The number of nitrogens with zero attached hydrogens (tertiary/aromatic N) is 4. The normalized spacial score (nSPS) is 12.9. The first-order chi connectivity index (χ1) is 7.35. The van der Waals surface area contributed by atoms with Gasteiger partial charge in [0.1, 0.15) is 0 Å². The van der Waals surface area contributed by atoms with E-state index in [2.05, 4.69) is 15.4 Å². The van der Waals surface area contributed by atoms with Crippen LogP contribution in [0.1, 0.15) is 19.4 Å². The van der Waals surface area contributed by atoms with Crippen LogP contribution in [0.25, 0.3) is 11.6 Å². The van der Waals surface area contributed by atoms with Crippen molar-refractivity contribution in [2.75, 3.05) is 6.54 Å². The molecular formula is C9H13N5O. The highest BCUT2D eigenvalue weighted by atomic mass is 16.3. The molecule has 0 bridgehead atoms. The van der Waals surface area contributed by atoms with Crippen LogP contribution in [0, 0.1) is 0 Å². The zero-order valence-electron chi connectivity index (χ0n) is 8.50. The first-order valence-electron chi connectivity index (χ1n) is 4.88. The summed E-state index contributed by atoms with van der Waals surface area (Å²) in [5.41, 5.74) is 5.59. The van der Waals surface area contributed by atoms with Gasteiger partial charge in [-0.2, -0.15) is 4.80 Å². The van der Waals surface area contributed by atoms with Gasteiger partial charge in [-0.15, -0.1) is 10.2 Å². The van der Waals surface area contributed by atoms with Crippen molar-refractivity contribution in [3.8, 4) is 11.6 Å². The minimum Gasteiger partial charge on any atom is -0.461 e. The second kappa shape index (κ2) is 4.22. The molecule has 0 radical (unpaired) electrons. The Morgan fingerprint density at radius 1 is 1.60 bits per heavy atom. The monoisotopic (exact) mass is 207 g/mol. The van der Waals surface area contributed by atoms with Crippen LogP contribution in [0.3, 0.4) is 0 Å². The molecule has 0 saturated carbocycles. The van der Waals surface area contributed by atoms with Crippen LogP contribution < -0.4 is 5.73 Å². The van der Waals surface area contributed by atoms with Crippen LogP contribution in [0.5, 0.6) is 0 Å². The number of tetrazole rings is 1. The molecule has 0 fully saturated rings. The molecule has 15 heavy (non-hydrogen) atoms. The standard InChI is InChI=1S/C9H13N5O/c1-2-7(6-10)14-12-9(11-13-14)8-4-3-5-15-8/h3-5,7H,2,6,10H2,1H3. The van der Waals surface area contributed by atoms with E-state index in [1.54, 1.807) is 18.4 Å². The Hall–Kier alpha value is -1.69. The lowest BCUT2D eigenvalue weighted by Crippen LogP contribution is -2.20. The third-order valence-electron chi connectivity index (χ3n) is 2.24. The molecule has 0 aliphatic heterocycles. The molecule has 0 aliphatic carbocycles. The third kappa shape index (κ3) is 1.89. The molecule has 2 aromatic rings. The maximum Gasteiger partial charge on any atom is 0.240 e. The average molecular weight is 207 g/mol. The summed E-state index contributed by atoms with van der Waals surface area (Å²) in [5, 5.41) is 12.1. The number of nitrogens with two attached hydrogens (primary N) is 1. The van der Waals surface area contributed by atoms with Crippen LogP contribution in [0.2, 0.25) is 0 Å². The smallest absolute Gasteiger partial charge is 0.240 e. The Kier molecular flexibility index (Phi) is 2.77. The fourth-order valence-corrected chi connectivity index (χ4v) is 1.31. The molecule has 0 spiro atoms. The molecule has 0 aromatic carbocycles. The van der Waals surface area contributed by atoms with Gasteiger partial charge < -0.3 is 10.2 Å². The molecule has 80 valence electrons.